The highest BCUT2D eigenvalue weighted by Crippen LogP contribution is 2.34. The van der Waals surface area contributed by atoms with Crippen LogP contribution in [-0.4, -0.2) is 17.7 Å². The van der Waals surface area contributed by atoms with Gasteiger partial charge < -0.3 is 9.47 Å². The van der Waals surface area contributed by atoms with Crippen LogP contribution in [0, 0.1) is 0 Å². The van der Waals surface area contributed by atoms with Gasteiger partial charge in [0.05, 0.1) is 11.4 Å². The third-order valence-electron chi connectivity index (χ3n) is 6.78. The second-order valence-corrected chi connectivity index (χ2v) is 11.2. The quantitative estimate of drug-likeness (QED) is 0.0693. The number of halogens is 1. The number of unbranched alkanes of at least 4 members (excludes halogenated alkanes) is 15. The molecule has 0 saturated heterocycles. The van der Waals surface area contributed by atoms with Gasteiger partial charge in [-0.2, -0.15) is 0 Å². The van der Waals surface area contributed by atoms with Gasteiger partial charge in [-0.05, 0) is 33.1 Å². The fourth-order valence-corrected chi connectivity index (χ4v) is 5.14. The molecule has 0 aromatic rings. The summed E-state index contributed by atoms with van der Waals surface area (Å²) in [5.74, 6) is 0.139. The molecule has 0 fully saturated rings. The number of ether oxygens (including phenoxy) is 2. The molecule has 33 heavy (non-hydrogen) atoms. The van der Waals surface area contributed by atoms with Crippen molar-refractivity contribution in [1.82, 2.24) is 0 Å². The lowest BCUT2D eigenvalue weighted by atomic mass is 9.84. The van der Waals surface area contributed by atoms with Gasteiger partial charge in [-0.15, -0.1) is 21.6 Å². The average Bonchev–Trinajstić information content (AvgIpc) is 2.75. The Kier molecular flexibility index (Phi) is 27.9. The van der Waals surface area contributed by atoms with Crippen LogP contribution in [0.4, 0.5) is 0 Å². The van der Waals surface area contributed by atoms with Crippen molar-refractivity contribution in [3.63, 3.8) is 0 Å². The third-order valence-corrected chi connectivity index (χ3v) is 6.94. The molecule has 0 aromatic carbocycles. The number of hydrogen-bond donors (Lipinski definition) is 0. The van der Waals surface area contributed by atoms with E-state index in [1.807, 2.05) is 0 Å². The average molecular weight is 509 g/mol. The molecule has 0 rings (SSSR count). The fraction of sp³-hybridized carbons (Fsp3) is 1.00. The lowest BCUT2D eigenvalue weighted by Crippen LogP contribution is -2.38. The molecule has 0 heterocycles. The van der Waals surface area contributed by atoms with E-state index in [1.54, 1.807) is 0 Å². The van der Waals surface area contributed by atoms with E-state index in [0.717, 1.165) is 0 Å². The molecule has 0 aliphatic heterocycles. The van der Waals surface area contributed by atoms with Crippen molar-refractivity contribution in [2.24, 2.45) is 0 Å². The first-order valence-electron chi connectivity index (χ1n) is 14.6. The summed E-state index contributed by atoms with van der Waals surface area (Å²) < 4.78 is 12.8. The molecular formula is C29H62ClO2P. The maximum Gasteiger partial charge on any atom is 0.156 e. The molecule has 0 aliphatic carbocycles. The van der Waals surface area contributed by atoms with E-state index in [-0.39, 0.29) is 30.1 Å². The third kappa shape index (κ3) is 22.8. The molecule has 3 atom stereocenters. The first-order chi connectivity index (χ1) is 15.5. The van der Waals surface area contributed by atoms with Crippen LogP contribution >= 0.6 is 21.6 Å². The van der Waals surface area contributed by atoms with Gasteiger partial charge in [-0.3, -0.25) is 0 Å². The standard InChI is InChI=1S/C29H61O2P.ClH/c1-6-9-12-15-18-21-24-29(31-27(4)30-28(5)32,25-22-19-16-13-10-7-2)26-23-20-17-14-11-8-3;/h27-28H,6-26,32H2,1-5H3;1H. The van der Waals surface area contributed by atoms with Crippen molar-refractivity contribution in [2.45, 2.75) is 187 Å². The van der Waals surface area contributed by atoms with E-state index in [1.165, 1.54) is 135 Å². The summed E-state index contributed by atoms with van der Waals surface area (Å²) in [7, 11) is 2.75. The lowest BCUT2D eigenvalue weighted by Gasteiger charge is -2.37. The van der Waals surface area contributed by atoms with Crippen LogP contribution in [0.3, 0.4) is 0 Å². The highest BCUT2D eigenvalue weighted by atomic mass is 35.5. The Morgan fingerprint density at radius 1 is 0.545 bits per heavy atom. The normalized spacial score (nSPS) is 13.6. The largest absolute Gasteiger partial charge is 0.346 e. The van der Waals surface area contributed by atoms with Crippen LogP contribution < -0.4 is 0 Å². The molecule has 0 N–H and O–H groups in total. The van der Waals surface area contributed by atoms with E-state index in [2.05, 4.69) is 43.9 Å². The second kappa shape index (κ2) is 25.7. The van der Waals surface area contributed by atoms with Crippen molar-refractivity contribution in [1.29, 1.82) is 0 Å². The molecule has 4 heteroatoms. The molecule has 0 radical (unpaired) electrons. The van der Waals surface area contributed by atoms with Crippen molar-refractivity contribution >= 4 is 21.6 Å². The zero-order valence-corrected chi connectivity index (χ0v) is 25.3. The molecule has 2 nitrogen and oxygen atoms in total. The molecule has 0 spiro atoms. The van der Waals surface area contributed by atoms with E-state index in [0.29, 0.717) is 0 Å². The maximum atomic E-state index is 6.80. The highest BCUT2D eigenvalue weighted by molar-refractivity contribution is 7.17. The zero-order valence-electron chi connectivity index (χ0n) is 23.3. The van der Waals surface area contributed by atoms with Gasteiger partial charge in [0.2, 0.25) is 0 Å². The molecule has 0 aromatic heterocycles. The molecule has 0 amide bonds. The van der Waals surface area contributed by atoms with Gasteiger partial charge in [-0.1, -0.05) is 136 Å². The Balaban J connectivity index is 0. The van der Waals surface area contributed by atoms with Gasteiger partial charge in [0, 0.05) is 0 Å². The smallest absolute Gasteiger partial charge is 0.156 e. The second-order valence-electron chi connectivity index (χ2n) is 10.3. The zero-order chi connectivity index (χ0) is 23.9. The summed E-state index contributed by atoms with van der Waals surface area (Å²) in [4.78, 5) is 0. The van der Waals surface area contributed by atoms with Gasteiger partial charge in [-0.25, -0.2) is 0 Å². The first-order valence-corrected chi connectivity index (χ1v) is 15.2. The topological polar surface area (TPSA) is 18.5 Å². The summed E-state index contributed by atoms with van der Waals surface area (Å²) in [6.45, 7) is 11.1. The Hall–Kier alpha value is 0.640. The fourth-order valence-electron chi connectivity index (χ4n) is 4.92. The number of hydrogen-bond acceptors (Lipinski definition) is 2. The molecule has 0 aliphatic rings. The number of rotatable bonds is 25. The van der Waals surface area contributed by atoms with Crippen LogP contribution in [0.1, 0.15) is 169 Å². The monoisotopic (exact) mass is 508 g/mol. The Morgan fingerprint density at radius 3 is 1.15 bits per heavy atom. The maximum absolute atomic E-state index is 6.80. The minimum atomic E-state index is -0.122. The van der Waals surface area contributed by atoms with Crippen LogP contribution in [0.5, 0.6) is 0 Å². The van der Waals surface area contributed by atoms with Gasteiger partial charge in [0.25, 0.3) is 0 Å². The predicted octanol–water partition coefficient (Wildman–Crippen LogP) is 11.0. The molecule has 0 bridgehead atoms. The van der Waals surface area contributed by atoms with E-state index in [9.17, 15) is 0 Å². The van der Waals surface area contributed by atoms with E-state index >= 15 is 0 Å². The lowest BCUT2D eigenvalue weighted by molar-refractivity contribution is -0.214. The minimum Gasteiger partial charge on any atom is -0.346 e. The molecule has 3 unspecified atom stereocenters. The van der Waals surface area contributed by atoms with Gasteiger partial charge in [0.15, 0.2) is 6.29 Å². The summed E-state index contributed by atoms with van der Waals surface area (Å²) in [5.41, 5.74) is 0.0131. The Bertz CT molecular complexity index is 338. The van der Waals surface area contributed by atoms with Crippen molar-refractivity contribution in [2.75, 3.05) is 0 Å². The summed E-state index contributed by atoms with van der Waals surface area (Å²) >= 11 is 0. The first kappa shape index (κ1) is 35.8. The van der Waals surface area contributed by atoms with E-state index in [4.69, 9.17) is 9.47 Å². The summed E-state index contributed by atoms with van der Waals surface area (Å²) in [5, 5.41) is 0. The Morgan fingerprint density at radius 2 is 0.848 bits per heavy atom. The van der Waals surface area contributed by atoms with Crippen LogP contribution in [-0.2, 0) is 9.47 Å². The van der Waals surface area contributed by atoms with Crippen LogP contribution in [0.2, 0.25) is 0 Å². The van der Waals surface area contributed by atoms with Gasteiger partial charge >= 0.3 is 0 Å². The van der Waals surface area contributed by atoms with Crippen molar-refractivity contribution in [3.05, 3.63) is 0 Å². The summed E-state index contributed by atoms with van der Waals surface area (Å²) in [6.07, 6.45) is 27.9. The predicted molar refractivity (Wildman–Crippen MR) is 155 cm³/mol. The van der Waals surface area contributed by atoms with Gasteiger partial charge in [0.1, 0.15) is 0 Å². The molecule has 202 valence electrons. The van der Waals surface area contributed by atoms with E-state index < -0.39 is 0 Å². The SMILES string of the molecule is CCCCCCCCC(CCCCCCCC)(CCCCCCCC)OC(C)OC(C)P.Cl. The van der Waals surface area contributed by atoms with Crippen molar-refractivity contribution < 1.29 is 9.47 Å². The van der Waals surface area contributed by atoms with Crippen molar-refractivity contribution in [3.8, 4) is 0 Å². The summed E-state index contributed by atoms with van der Waals surface area (Å²) in [6, 6.07) is 0. The molecule has 0 saturated carbocycles. The van der Waals surface area contributed by atoms with Crippen LogP contribution in [0.25, 0.3) is 0 Å². The Labute approximate surface area is 218 Å². The molecular weight excluding hydrogens is 447 g/mol. The van der Waals surface area contributed by atoms with Crippen LogP contribution in [0.15, 0.2) is 0 Å². The minimum absolute atomic E-state index is 0. The highest BCUT2D eigenvalue weighted by Gasteiger charge is 2.32.